The van der Waals surface area contributed by atoms with Crippen LogP contribution in [0.4, 0.5) is 5.82 Å². The summed E-state index contributed by atoms with van der Waals surface area (Å²) in [5.41, 5.74) is 5.29. The highest BCUT2D eigenvalue weighted by Crippen LogP contribution is 2.46. The molecule has 41 heavy (non-hydrogen) atoms. The fraction of sp³-hybridized carbons (Fsp3) is 0.273. The number of nitrogens with one attached hydrogen (secondary N) is 3. The molecule has 1 aromatic heterocycles. The van der Waals surface area contributed by atoms with Gasteiger partial charge in [0.05, 0.1) is 24.8 Å². The van der Waals surface area contributed by atoms with Crippen molar-refractivity contribution in [2.45, 2.75) is 45.6 Å². The van der Waals surface area contributed by atoms with Crippen molar-refractivity contribution in [3.05, 3.63) is 112 Å². The Morgan fingerprint density at radius 2 is 1.80 bits per heavy atom. The molecule has 2 aromatic carbocycles. The molecule has 2 aliphatic rings. The molecule has 0 bridgehead atoms. The summed E-state index contributed by atoms with van der Waals surface area (Å²) in [5, 5.41) is 6.43. The Bertz CT molecular complexity index is 1560. The van der Waals surface area contributed by atoms with Gasteiger partial charge in [0.1, 0.15) is 18.1 Å². The predicted molar refractivity (Wildman–Crippen MR) is 154 cm³/mol. The number of rotatable bonds is 7. The first-order valence-corrected chi connectivity index (χ1v) is 13.6. The zero-order chi connectivity index (χ0) is 29.1. The average Bonchev–Trinajstić information content (AvgIpc) is 2.96. The molecule has 0 saturated carbocycles. The van der Waals surface area contributed by atoms with Crippen LogP contribution < -0.4 is 20.4 Å². The summed E-state index contributed by atoms with van der Waals surface area (Å²) < 4.78 is 10.8. The van der Waals surface area contributed by atoms with E-state index in [1.807, 2.05) is 68.4 Å². The summed E-state index contributed by atoms with van der Waals surface area (Å²) in [6.45, 7) is 5.13. The van der Waals surface area contributed by atoms with Gasteiger partial charge in [0.25, 0.3) is 5.82 Å². The van der Waals surface area contributed by atoms with E-state index in [0.717, 1.165) is 22.4 Å². The number of pyridine rings is 1. The predicted octanol–water partition coefficient (Wildman–Crippen LogP) is 4.74. The second-order valence-electron chi connectivity index (χ2n) is 10.5. The minimum Gasteiger partial charge on any atom is -0.496 e. The van der Waals surface area contributed by atoms with Gasteiger partial charge in [0, 0.05) is 47.7 Å². The SMILES string of the molecule is COc1ccc(C2C(C(=O)Nc3[nH+]cccc3C)=C(C)NC3=CC(c4ccccc4)CC(=O)C32)cc1COC(C)=O. The second kappa shape index (κ2) is 11.8. The molecule has 3 unspecified atom stereocenters. The van der Waals surface area contributed by atoms with Crippen LogP contribution in [-0.4, -0.2) is 24.8 Å². The number of methoxy groups -OCH3 is 1. The number of aryl methyl sites for hydroxylation is 1. The fourth-order valence-corrected chi connectivity index (χ4v) is 5.77. The van der Waals surface area contributed by atoms with E-state index in [2.05, 4.69) is 21.7 Å². The van der Waals surface area contributed by atoms with Gasteiger partial charge in [-0.3, -0.25) is 9.59 Å². The van der Waals surface area contributed by atoms with Crippen molar-refractivity contribution in [2.75, 3.05) is 12.4 Å². The number of carbonyl (C=O) groups excluding carboxylic acids is 3. The van der Waals surface area contributed by atoms with Crippen LogP contribution in [0.15, 0.2) is 89.9 Å². The monoisotopic (exact) mass is 552 g/mol. The van der Waals surface area contributed by atoms with Crippen LogP contribution in [0.1, 0.15) is 54.4 Å². The van der Waals surface area contributed by atoms with Crippen molar-refractivity contribution in [1.82, 2.24) is 5.32 Å². The van der Waals surface area contributed by atoms with Gasteiger partial charge in [-0.1, -0.05) is 42.5 Å². The molecular weight excluding hydrogens is 518 g/mol. The van der Waals surface area contributed by atoms with E-state index in [1.165, 1.54) is 6.92 Å². The van der Waals surface area contributed by atoms with E-state index in [4.69, 9.17) is 9.47 Å². The van der Waals surface area contributed by atoms with Crippen molar-refractivity contribution >= 4 is 23.5 Å². The van der Waals surface area contributed by atoms with Crippen molar-refractivity contribution in [2.24, 2.45) is 5.92 Å². The summed E-state index contributed by atoms with van der Waals surface area (Å²) in [6.07, 6.45) is 4.19. The number of aromatic nitrogens is 1. The van der Waals surface area contributed by atoms with E-state index < -0.39 is 17.8 Å². The van der Waals surface area contributed by atoms with Gasteiger partial charge in [-0.25, -0.2) is 15.1 Å². The van der Waals surface area contributed by atoms with Crippen molar-refractivity contribution < 1.29 is 28.8 Å². The lowest BCUT2D eigenvalue weighted by Gasteiger charge is -2.39. The number of H-pyrrole nitrogens is 1. The van der Waals surface area contributed by atoms with E-state index in [-0.39, 0.29) is 24.2 Å². The minimum absolute atomic E-state index is 0.0110. The van der Waals surface area contributed by atoms with Crippen LogP contribution in [-0.2, 0) is 25.7 Å². The van der Waals surface area contributed by atoms with Crippen LogP contribution in [0.2, 0.25) is 0 Å². The molecule has 0 saturated heterocycles. The van der Waals surface area contributed by atoms with Crippen LogP contribution >= 0.6 is 0 Å². The molecule has 3 N–H and O–H groups in total. The highest BCUT2D eigenvalue weighted by atomic mass is 16.5. The first-order valence-electron chi connectivity index (χ1n) is 13.6. The van der Waals surface area contributed by atoms with Gasteiger partial charge in [-0.15, -0.1) is 0 Å². The number of anilines is 1. The summed E-state index contributed by atoms with van der Waals surface area (Å²) in [7, 11) is 1.55. The number of allylic oxidation sites excluding steroid dienone is 3. The zero-order valence-electron chi connectivity index (χ0n) is 23.6. The largest absolute Gasteiger partial charge is 0.496 e. The standard InChI is InChI=1S/C33H33N3O5/c1-19-9-8-14-34-32(19)36-33(39)29-20(2)35-26-16-24(22-10-6-5-7-11-22)17-27(38)31(26)30(29)23-12-13-28(40-4)25(15-23)18-41-21(3)37/h5-16,24,30-31,35H,17-18H2,1-4H3,(H,34,36,39)/p+1. The number of ether oxygens (including phenoxy) is 2. The van der Waals surface area contributed by atoms with Gasteiger partial charge in [-0.05, 0) is 49.2 Å². The number of Topliss-reactive ketones (excluding diaryl/α,β-unsaturated/α-hetero) is 1. The summed E-state index contributed by atoms with van der Waals surface area (Å²) in [6, 6.07) is 19.3. The maximum absolute atomic E-state index is 14.0. The van der Waals surface area contributed by atoms with Gasteiger partial charge < -0.3 is 14.8 Å². The number of hydrogen-bond donors (Lipinski definition) is 2. The number of benzene rings is 2. The third-order valence-corrected chi connectivity index (χ3v) is 7.73. The number of aromatic amines is 1. The van der Waals surface area contributed by atoms with Gasteiger partial charge in [-0.2, -0.15) is 0 Å². The third-order valence-electron chi connectivity index (χ3n) is 7.73. The molecule has 8 nitrogen and oxygen atoms in total. The van der Waals surface area contributed by atoms with Gasteiger partial charge >= 0.3 is 11.9 Å². The molecule has 1 aliphatic carbocycles. The lowest BCUT2D eigenvalue weighted by Crippen LogP contribution is -2.42. The van der Waals surface area contributed by atoms with Crippen molar-refractivity contribution in [3.8, 4) is 5.75 Å². The van der Waals surface area contributed by atoms with E-state index >= 15 is 0 Å². The Morgan fingerprint density at radius 3 is 2.51 bits per heavy atom. The molecular formula is C33H34N3O5+. The zero-order valence-corrected chi connectivity index (χ0v) is 23.6. The van der Waals surface area contributed by atoms with Crippen molar-refractivity contribution in [3.63, 3.8) is 0 Å². The van der Waals surface area contributed by atoms with Gasteiger partial charge in [0.15, 0.2) is 0 Å². The van der Waals surface area contributed by atoms with E-state index in [0.29, 0.717) is 34.8 Å². The Balaban J connectivity index is 1.62. The smallest absolute Gasteiger partial charge is 0.337 e. The Labute approximate surface area is 239 Å². The Hall–Kier alpha value is -4.72. The molecule has 3 atom stereocenters. The van der Waals surface area contributed by atoms with Gasteiger partial charge in [0.2, 0.25) is 0 Å². The number of esters is 1. The number of amides is 1. The maximum Gasteiger partial charge on any atom is 0.337 e. The van der Waals surface area contributed by atoms with Crippen LogP contribution in [0.3, 0.4) is 0 Å². The average molecular weight is 553 g/mol. The third kappa shape index (κ3) is 5.77. The fourth-order valence-electron chi connectivity index (χ4n) is 5.77. The maximum atomic E-state index is 14.0. The van der Waals surface area contributed by atoms with Crippen LogP contribution in [0, 0.1) is 12.8 Å². The first kappa shape index (κ1) is 27.8. The summed E-state index contributed by atoms with van der Waals surface area (Å²) in [4.78, 5) is 42.6. The van der Waals surface area contributed by atoms with Crippen LogP contribution in [0.5, 0.6) is 5.75 Å². The molecule has 0 fully saturated rings. The van der Waals surface area contributed by atoms with E-state index in [9.17, 15) is 14.4 Å². The molecule has 0 radical (unpaired) electrons. The van der Waals surface area contributed by atoms with Crippen LogP contribution in [0.25, 0.3) is 0 Å². The number of fused-ring (bicyclic) bond motifs is 1. The summed E-state index contributed by atoms with van der Waals surface area (Å²) in [5.74, 6) is -0.755. The second-order valence-corrected chi connectivity index (χ2v) is 10.5. The topological polar surface area (TPSA) is 108 Å². The lowest BCUT2D eigenvalue weighted by molar-refractivity contribution is -0.361. The molecule has 3 aromatic rings. The molecule has 1 amide bonds. The molecule has 1 aliphatic heterocycles. The van der Waals surface area contributed by atoms with E-state index in [1.54, 1.807) is 19.4 Å². The minimum atomic E-state index is -0.588. The highest BCUT2D eigenvalue weighted by molar-refractivity contribution is 6.06. The normalized spacial score (nSPS) is 20.0. The number of carbonyl (C=O) groups is 3. The molecule has 2 heterocycles. The summed E-state index contributed by atoms with van der Waals surface area (Å²) >= 11 is 0. The molecule has 0 spiro atoms. The highest BCUT2D eigenvalue weighted by Gasteiger charge is 2.45. The Kier molecular flexibility index (Phi) is 8.01. The molecule has 210 valence electrons. The quantitative estimate of drug-likeness (QED) is 0.410. The number of ketones is 1. The van der Waals surface area contributed by atoms with Crippen molar-refractivity contribution in [1.29, 1.82) is 0 Å². The first-order chi connectivity index (χ1) is 19.8. The molecule has 5 rings (SSSR count). The lowest BCUT2D eigenvalue weighted by atomic mass is 9.68. The number of hydrogen-bond acceptors (Lipinski definition) is 6. The Morgan fingerprint density at radius 1 is 1.02 bits per heavy atom. The molecule has 8 heteroatoms.